The first kappa shape index (κ1) is 44.1. The normalized spacial score (nSPS) is 12.0. The molecule has 0 aromatic carbocycles. The van der Waals surface area contributed by atoms with Crippen molar-refractivity contribution in [3.05, 3.63) is 12.2 Å². The van der Waals surface area contributed by atoms with Gasteiger partial charge in [0.25, 0.3) is 0 Å². The van der Waals surface area contributed by atoms with Gasteiger partial charge in [0.05, 0.1) is 0 Å². The fourth-order valence-electron chi connectivity index (χ4n) is 5.50. The van der Waals surface area contributed by atoms with E-state index in [2.05, 4.69) is 32.9 Å². The van der Waals surface area contributed by atoms with Crippen molar-refractivity contribution in [3.63, 3.8) is 0 Å². The first-order valence-electron chi connectivity index (χ1n) is 19.7. The van der Waals surface area contributed by atoms with E-state index >= 15 is 0 Å². The fraction of sp³-hybridized carbons (Fsp3) is 0.875. The molecule has 0 N–H and O–H groups in total. The van der Waals surface area contributed by atoms with Gasteiger partial charge in [0.2, 0.25) is 0 Å². The minimum Gasteiger partial charge on any atom is -0.462 e. The summed E-state index contributed by atoms with van der Waals surface area (Å²) in [7, 11) is 0. The first-order chi connectivity index (χ1) is 22.5. The number of hydrogen-bond acceptors (Lipinski definition) is 6. The number of hydrogen-bond donors (Lipinski definition) is 0. The summed E-state index contributed by atoms with van der Waals surface area (Å²) in [5, 5.41) is 0. The van der Waals surface area contributed by atoms with Gasteiger partial charge in [-0.2, -0.15) is 0 Å². The highest BCUT2D eigenvalue weighted by Crippen LogP contribution is 2.14. The summed E-state index contributed by atoms with van der Waals surface area (Å²) < 4.78 is 16.5. The highest BCUT2D eigenvalue weighted by Gasteiger charge is 2.19. The zero-order valence-corrected chi connectivity index (χ0v) is 30.6. The van der Waals surface area contributed by atoms with Gasteiger partial charge in [-0.25, -0.2) is 0 Å². The van der Waals surface area contributed by atoms with Crippen LogP contribution in [-0.2, 0) is 28.6 Å². The number of unbranched alkanes of at least 4 members (excludes halogenated alkanes) is 22. The largest absolute Gasteiger partial charge is 0.462 e. The Bertz CT molecular complexity index is 719. The molecule has 0 fully saturated rings. The zero-order chi connectivity index (χ0) is 33.8. The Labute approximate surface area is 284 Å². The van der Waals surface area contributed by atoms with E-state index in [0.29, 0.717) is 19.3 Å². The van der Waals surface area contributed by atoms with Crippen LogP contribution in [0.3, 0.4) is 0 Å². The summed E-state index contributed by atoms with van der Waals surface area (Å²) in [4.78, 5) is 37.3. The molecule has 46 heavy (non-hydrogen) atoms. The third-order valence-electron chi connectivity index (χ3n) is 8.50. The molecule has 0 aliphatic carbocycles. The van der Waals surface area contributed by atoms with Crippen LogP contribution in [0.5, 0.6) is 0 Å². The molecule has 6 heteroatoms. The molecule has 0 bridgehead atoms. The standard InChI is InChI=1S/C40H74O6/c1-4-7-10-13-16-18-20-22-24-27-30-33-39(42)45-36-37(35-44-38(41)32-29-26-23-15-12-9-6-3)46-40(43)34-31-28-25-21-19-17-14-11-8-5-2/h11,14,37H,4-10,12-13,15-36H2,1-3H3/b14-11-. The van der Waals surface area contributed by atoms with Crippen molar-refractivity contribution in [1.82, 2.24) is 0 Å². The van der Waals surface area contributed by atoms with E-state index < -0.39 is 6.10 Å². The Morgan fingerprint density at radius 3 is 1.17 bits per heavy atom. The summed E-state index contributed by atoms with van der Waals surface area (Å²) in [6.07, 6.45) is 34.9. The van der Waals surface area contributed by atoms with E-state index in [4.69, 9.17) is 14.2 Å². The minimum atomic E-state index is -0.762. The van der Waals surface area contributed by atoms with E-state index in [1.807, 2.05) is 0 Å². The Balaban J connectivity index is 4.34. The first-order valence-corrected chi connectivity index (χ1v) is 19.7. The van der Waals surface area contributed by atoms with Crippen molar-refractivity contribution in [1.29, 1.82) is 0 Å². The molecule has 6 nitrogen and oxygen atoms in total. The van der Waals surface area contributed by atoms with Gasteiger partial charge < -0.3 is 14.2 Å². The summed E-state index contributed by atoms with van der Waals surface area (Å²) >= 11 is 0. The Kier molecular flexibility index (Phi) is 34.5. The number of allylic oxidation sites excluding steroid dienone is 2. The van der Waals surface area contributed by atoms with E-state index in [0.717, 1.165) is 77.0 Å². The predicted octanol–water partition coefficient (Wildman–Crippen LogP) is 11.9. The molecule has 1 unspecified atom stereocenters. The summed E-state index contributed by atoms with van der Waals surface area (Å²) in [6, 6.07) is 0. The van der Waals surface area contributed by atoms with Crippen LogP contribution in [0, 0.1) is 0 Å². The zero-order valence-electron chi connectivity index (χ0n) is 30.6. The minimum absolute atomic E-state index is 0.0706. The second-order valence-electron chi connectivity index (χ2n) is 13.2. The third kappa shape index (κ3) is 33.5. The van der Waals surface area contributed by atoms with Crippen LogP contribution in [-0.4, -0.2) is 37.2 Å². The molecule has 0 rings (SSSR count). The maximum atomic E-state index is 12.6. The summed E-state index contributed by atoms with van der Waals surface area (Å²) in [6.45, 7) is 6.50. The molecule has 0 saturated carbocycles. The van der Waals surface area contributed by atoms with E-state index in [9.17, 15) is 14.4 Å². The molecule has 0 aromatic heterocycles. The monoisotopic (exact) mass is 651 g/mol. The Morgan fingerprint density at radius 1 is 0.413 bits per heavy atom. The average molecular weight is 651 g/mol. The lowest BCUT2D eigenvalue weighted by atomic mass is 10.1. The second-order valence-corrected chi connectivity index (χ2v) is 13.2. The van der Waals surface area contributed by atoms with Crippen molar-refractivity contribution in [2.45, 2.75) is 213 Å². The number of ether oxygens (including phenoxy) is 3. The van der Waals surface area contributed by atoms with Crippen molar-refractivity contribution in [3.8, 4) is 0 Å². The topological polar surface area (TPSA) is 78.9 Å². The van der Waals surface area contributed by atoms with Gasteiger partial charge in [-0.1, -0.05) is 161 Å². The lowest BCUT2D eigenvalue weighted by Crippen LogP contribution is -2.30. The number of carbonyl (C=O) groups is 3. The average Bonchev–Trinajstić information content (AvgIpc) is 3.05. The fourth-order valence-corrected chi connectivity index (χ4v) is 5.50. The number of carbonyl (C=O) groups excluding carboxylic acids is 3. The van der Waals surface area contributed by atoms with Gasteiger partial charge in [-0.05, 0) is 38.5 Å². The van der Waals surface area contributed by atoms with Crippen LogP contribution in [0.4, 0.5) is 0 Å². The molecular formula is C40H74O6. The smallest absolute Gasteiger partial charge is 0.306 e. The van der Waals surface area contributed by atoms with Crippen LogP contribution in [0.25, 0.3) is 0 Å². The molecule has 0 radical (unpaired) electrons. The van der Waals surface area contributed by atoms with Gasteiger partial charge in [-0.15, -0.1) is 0 Å². The third-order valence-corrected chi connectivity index (χ3v) is 8.50. The molecule has 1 atom stereocenters. The maximum absolute atomic E-state index is 12.6. The number of rotatable bonds is 35. The molecule has 270 valence electrons. The van der Waals surface area contributed by atoms with Crippen LogP contribution in [0.15, 0.2) is 12.2 Å². The maximum Gasteiger partial charge on any atom is 0.306 e. The van der Waals surface area contributed by atoms with E-state index in [-0.39, 0.29) is 31.1 Å². The summed E-state index contributed by atoms with van der Waals surface area (Å²) in [5.41, 5.74) is 0. The molecule has 0 aliphatic heterocycles. The van der Waals surface area contributed by atoms with Crippen LogP contribution < -0.4 is 0 Å². The molecule has 0 aromatic rings. The van der Waals surface area contributed by atoms with Gasteiger partial charge in [-0.3, -0.25) is 14.4 Å². The highest BCUT2D eigenvalue weighted by atomic mass is 16.6. The Hall–Kier alpha value is -1.85. The summed E-state index contributed by atoms with van der Waals surface area (Å²) in [5.74, 6) is -0.889. The number of esters is 3. The Morgan fingerprint density at radius 2 is 0.761 bits per heavy atom. The van der Waals surface area contributed by atoms with Gasteiger partial charge >= 0.3 is 17.9 Å². The van der Waals surface area contributed by atoms with Crippen LogP contribution in [0.2, 0.25) is 0 Å². The van der Waals surface area contributed by atoms with Crippen LogP contribution >= 0.6 is 0 Å². The van der Waals surface area contributed by atoms with Crippen molar-refractivity contribution in [2.75, 3.05) is 13.2 Å². The van der Waals surface area contributed by atoms with Gasteiger partial charge in [0.1, 0.15) is 13.2 Å². The second kappa shape index (κ2) is 36.0. The molecule has 0 heterocycles. The van der Waals surface area contributed by atoms with Gasteiger partial charge in [0.15, 0.2) is 6.10 Å². The van der Waals surface area contributed by atoms with E-state index in [1.54, 1.807) is 0 Å². The van der Waals surface area contributed by atoms with Crippen molar-refractivity contribution in [2.24, 2.45) is 0 Å². The quantitative estimate of drug-likeness (QED) is 0.0294. The lowest BCUT2D eigenvalue weighted by molar-refractivity contribution is -0.167. The molecule has 0 aliphatic rings. The molecular weight excluding hydrogens is 576 g/mol. The van der Waals surface area contributed by atoms with E-state index in [1.165, 1.54) is 89.9 Å². The van der Waals surface area contributed by atoms with Crippen molar-refractivity contribution >= 4 is 17.9 Å². The SMILES string of the molecule is CCC/C=C\CCCCCCCC(=O)OC(COC(=O)CCCCCCCCC)COC(=O)CCCCCCCCCCCCC. The van der Waals surface area contributed by atoms with Gasteiger partial charge in [0, 0.05) is 19.3 Å². The molecule has 0 saturated heterocycles. The predicted molar refractivity (Wildman–Crippen MR) is 192 cm³/mol. The highest BCUT2D eigenvalue weighted by molar-refractivity contribution is 5.71. The van der Waals surface area contributed by atoms with Crippen LogP contribution in [0.1, 0.15) is 207 Å². The lowest BCUT2D eigenvalue weighted by Gasteiger charge is -2.18. The molecule has 0 spiro atoms. The molecule has 0 amide bonds. The van der Waals surface area contributed by atoms with Crippen molar-refractivity contribution < 1.29 is 28.6 Å².